The number of rotatable bonds is 4. The summed E-state index contributed by atoms with van der Waals surface area (Å²) < 4.78 is 1.63. The Labute approximate surface area is 111 Å². The summed E-state index contributed by atoms with van der Waals surface area (Å²) in [5, 5.41) is 4.26. The average molecular weight is 256 g/mol. The summed E-state index contributed by atoms with van der Waals surface area (Å²) in [6.07, 6.45) is 3.41. The molecule has 98 valence electrons. The molecule has 0 bridgehead atoms. The molecule has 1 amide bonds. The van der Waals surface area contributed by atoms with Crippen LogP contribution in [0.5, 0.6) is 0 Å². The summed E-state index contributed by atoms with van der Waals surface area (Å²) in [6, 6.07) is 9.01. The van der Waals surface area contributed by atoms with Crippen LogP contribution >= 0.6 is 0 Å². The fourth-order valence-electron chi connectivity index (χ4n) is 1.72. The molecule has 0 fully saturated rings. The smallest absolute Gasteiger partial charge is 0.274 e. The standard InChI is InChI=1S/C14H16N4O/c1-3-8-17(2)14(19)13-7-9-18(16-13)12-6-4-5-11(15)10-12/h3-7,9-10H,1,8,15H2,2H3. The second kappa shape index (κ2) is 5.39. The van der Waals surface area contributed by atoms with Gasteiger partial charge in [-0.25, -0.2) is 4.68 Å². The average Bonchev–Trinajstić information content (AvgIpc) is 2.87. The van der Waals surface area contributed by atoms with Gasteiger partial charge in [-0.3, -0.25) is 4.79 Å². The number of nitrogens with zero attached hydrogens (tertiary/aromatic N) is 3. The molecule has 0 unspecified atom stereocenters. The Morgan fingerprint density at radius 3 is 3.00 bits per heavy atom. The van der Waals surface area contributed by atoms with Crippen molar-refractivity contribution in [1.29, 1.82) is 0 Å². The predicted octanol–water partition coefficient (Wildman–Crippen LogP) is 1.71. The fraction of sp³-hybridized carbons (Fsp3) is 0.143. The Hall–Kier alpha value is -2.56. The number of aromatic nitrogens is 2. The van der Waals surface area contributed by atoms with Crippen LogP contribution in [0.2, 0.25) is 0 Å². The summed E-state index contributed by atoms with van der Waals surface area (Å²) >= 11 is 0. The maximum absolute atomic E-state index is 12.0. The van der Waals surface area contributed by atoms with Gasteiger partial charge in [-0.1, -0.05) is 12.1 Å². The van der Waals surface area contributed by atoms with Crippen molar-refractivity contribution in [3.63, 3.8) is 0 Å². The zero-order valence-corrected chi connectivity index (χ0v) is 10.8. The van der Waals surface area contributed by atoms with Crippen LogP contribution in [0, 0.1) is 0 Å². The maximum atomic E-state index is 12.0. The lowest BCUT2D eigenvalue weighted by molar-refractivity contribution is 0.0804. The summed E-state index contributed by atoms with van der Waals surface area (Å²) in [6.45, 7) is 4.10. The Morgan fingerprint density at radius 2 is 2.32 bits per heavy atom. The van der Waals surface area contributed by atoms with Gasteiger partial charge in [-0.05, 0) is 24.3 Å². The molecular formula is C14H16N4O. The summed E-state index contributed by atoms with van der Waals surface area (Å²) in [7, 11) is 1.71. The van der Waals surface area contributed by atoms with E-state index in [0.29, 0.717) is 17.9 Å². The van der Waals surface area contributed by atoms with E-state index in [-0.39, 0.29) is 5.91 Å². The second-order valence-corrected chi connectivity index (χ2v) is 4.21. The van der Waals surface area contributed by atoms with E-state index in [1.54, 1.807) is 47.1 Å². The van der Waals surface area contributed by atoms with Gasteiger partial charge in [0.1, 0.15) is 0 Å². The first-order valence-electron chi connectivity index (χ1n) is 5.90. The fourth-order valence-corrected chi connectivity index (χ4v) is 1.72. The Bertz CT molecular complexity index is 603. The SMILES string of the molecule is C=CCN(C)C(=O)c1ccn(-c2cccc(N)c2)n1. The van der Waals surface area contributed by atoms with Crippen molar-refractivity contribution in [1.82, 2.24) is 14.7 Å². The highest BCUT2D eigenvalue weighted by molar-refractivity contribution is 5.92. The number of nitrogens with two attached hydrogens (primary N) is 1. The van der Waals surface area contributed by atoms with E-state index in [2.05, 4.69) is 11.7 Å². The minimum atomic E-state index is -0.137. The highest BCUT2D eigenvalue weighted by Gasteiger charge is 2.13. The number of benzene rings is 1. The van der Waals surface area contributed by atoms with Crippen LogP contribution in [-0.2, 0) is 0 Å². The topological polar surface area (TPSA) is 64.2 Å². The first-order chi connectivity index (χ1) is 9.11. The number of nitrogen functional groups attached to an aromatic ring is 1. The minimum absolute atomic E-state index is 0.137. The predicted molar refractivity (Wildman–Crippen MR) is 75.1 cm³/mol. The number of amides is 1. The lowest BCUT2D eigenvalue weighted by Crippen LogP contribution is -2.27. The largest absolute Gasteiger partial charge is 0.399 e. The van der Waals surface area contributed by atoms with Crippen LogP contribution in [0.4, 0.5) is 5.69 Å². The third-order valence-electron chi connectivity index (χ3n) is 2.69. The van der Waals surface area contributed by atoms with Gasteiger partial charge in [-0.2, -0.15) is 5.10 Å². The van der Waals surface area contributed by atoms with E-state index in [4.69, 9.17) is 5.73 Å². The molecule has 5 nitrogen and oxygen atoms in total. The van der Waals surface area contributed by atoms with Crippen molar-refractivity contribution < 1.29 is 4.79 Å². The molecule has 0 aliphatic carbocycles. The molecule has 1 aromatic carbocycles. The molecular weight excluding hydrogens is 240 g/mol. The van der Waals surface area contributed by atoms with Gasteiger partial charge in [-0.15, -0.1) is 6.58 Å². The van der Waals surface area contributed by atoms with Crippen molar-refractivity contribution in [3.8, 4) is 5.69 Å². The Morgan fingerprint density at radius 1 is 1.53 bits per heavy atom. The van der Waals surface area contributed by atoms with E-state index in [9.17, 15) is 4.79 Å². The molecule has 0 spiro atoms. The minimum Gasteiger partial charge on any atom is -0.399 e. The molecule has 1 heterocycles. The van der Waals surface area contributed by atoms with Crippen LogP contribution in [-0.4, -0.2) is 34.2 Å². The molecule has 0 atom stereocenters. The van der Waals surface area contributed by atoms with E-state index in [1.807, 2.05) is 12.1 Å². The molecule has 2 aromatic rings. The first kappa shape index (κ1) is 12.9. The number of carbonyl (C=O) groups excluding carboxylic acids is 1. The third kappa shape index (κ3) is 2.82. The van der Waals surface area contributed by atoms with Crippen molar-refractivity contribution in [2.45, 2.75) is 0 Å². The highest BCUT2D eigenvalue weighted by atomic mass is 16.2. The van der Waals surface area contributed by atoms with Crippen molar-refractivity contribution in [2.24, 2.45) is 0 Å². The molecule has 0 saturated heterocycles. The number of carbonyl (C=O) groups is 1. The molecule has 5 heteroatoms. The van der Waals surface area contributed by atoms with Gasteiger partial charge in [0.05, 0.1) is 5.69 Å². The van der Waals surface area contributed by atoms with Gasteiger partial charge in [0.25, 0.3) is 5.91 Å². The molecule has 1 aromatic heterocycles. The number of likely N-dealkylation sites (N-methyl/N-ethyl adjacent to an activating group) is 1. The number of hydrogen-bond acceptors (Lipinski definition) is 3. The van der Waals surface area contributed by atoms with E-state index in [0.717, 1.165) is 5.69 Å². The third-order valence-corrected chi connectivity index (χ3v) is 2.69. The van der Waals surface area contributed by atoms with Gasteiger partial charge < -0.3 is 10.6 Å². The second-order valence-electron chi connectivity index (χ2n) is 4.21. The van der Waals surface area contributed by atoms with Crippen molar-refractivity contribution in [3.05, 3.63) is 54.9 Å². The quantitative estimate of drug-likeness (QED) is 0.669. The van der Waals surface area contributed by atoms with Crippen LogP contribution in [0.3, 0.4) is 0 Å². The molecule has 2 N–H and O–H groups in total. The zero-order chi connectivity index (χ0) is 13.8. The van der Waals surface area contributed by atoms with Gasteiger partial charge in [0.2, 0.25) is 0 Å². The highest BCUT2D eigenvalue weighted by Crippen LogP contribution is 2.12. The van der Waals surface area contributed by atoms with Gasteiger partial charge in [0, 0.05) is 25.5 Å². The van der Waals surface area contributed by atoms with Crippen LogP contribution in [0.25, 0.3) is 5.69 Å². The number of anilines is 1. The first-order valence-corrected chi connectivity index (χ1v) is 5.90. The number of hydrogen-bond donors (Lipinski definition) is 1. The molecule has 0 aliphatic heterocycles. The Kier molecular flexibility index (Phi) is 3.66. The van der Waals surface area contributed by atoms with Crippen molar-refractivity contribution in [2.75, 3.05) is 19.3 Å². The van der Waals surface area contributed by atoms with Crippen LogP contribution < -0.4 is 5.73 Å². The molecule has 19 heavy (non-hydrogen) atoms. The molecule has 0 aliphatic rings. The van der Waals surface area contributed by atoms with Gasteiger partial charge >= 0.3 is 0 Å². The van der Waals surface area contributed by atoms with Gasteiger partial charge in [0.15, 0.2) is 5.69 Å². The van der Waals surface area contributed by atoms with E-state index < -0.39 is 0 Å². The lowest BCUT2D eigenvalue weighted by Gasteiger charge is -2.12. The molecule has 0 radical (unpaired) electrons. The van der Waals surface area contributed by atoms with E-state index >= 15 is 0 Å². The zero-order valence-electron chi connectivity index (χ0n) is 10.8. The monoisotopic (exact) mass is 256 g/mol. The van der Waals surface area contributed by atoms with E-state index in [1.165, 1.54) is 0 Å². The van der Waals surface area contributed by atoms with Crippen LogP contribution in [0.1, 0.15) is 10.5 Å². The van der Waals surface area contributed by atoms with Crippen molar-refractivity contribution >= 4 is 11.6 Å². The lowest BCUT2D eigenvalue weighted by atomic mass is 10.3. The normalized spacial score (nSPS) is 10.2. The summed E-state index contributed by atoms with van der Waals surface area (Å²) in [5.74, 6) is -0.137. The molecule has 0 saturated carbocycles. The molecule has 2 rings (SSSR count). The summed E-state index contributed by atoms with van der Waals surface area (Å²) in [5.41, 5.74) is 7.60. The maximum Gasteiger partial charge on any atom is 0.274 e. The Balaban J connectivity index is 2.24. The van der Waals surface area contributed by atoms with Crippen LogP contribution in [0.15, 0.2) is 49.2 Å². The summed E-state index contributed by atoms with van der Waals surface area (Å²) in [4.78, 5) is 13.6.